The molecule has 0 spiro atoms. The minimum Gasteiger partial charge on any atom is -0.496 e. The van der Waals surface area contributed by atoms with E-state index < -0.39 is 0 Å². The first-order chi connectivity index (χ1) is 7.86. The molecule has 0 aromatic rings. The third-order valence-corrected chi connectivity index (χ3v) is 3.31. The molecule has 16 heavy (non-hydrogen) atoms. The van der Waals surface area contributed by atoms with Crippen LogP contribution in [0, 0.1) is 0 Å². The lowest BCUT2D eigenvalue weighted by Gasteiger charge is -2.28. The Morgan fingerprint density at radius 1 is 1.25 bits per heavy atom. The van der Waals surface area contributed by atoms with Gasteiger partial charge in [0, 0.05) is 0 Å². The van der Waals surface area contributed by atoms with Crippen molar-refractivity contribution in [2.75, 3.05) is 19.8 Å². The minimum atomic E-state index is 0.0918. The smallest absolute Gasteiger partial charge is 0.123 e. The largest absolute Gasteiger partial charge is 0.496 e. The summed E-state index contributed by atoms with van der Waals surface area (Å²) in [5.41, 5.74) is 1.45. The summed E-state index contributed by atoms with van der Waals surface area (Å²) in [7, 11) is 0. The Balaban J connectivity index is 1.74. The number of ether oxygens (including phenoxy) is 3. The molecule has 1 aliphatic carbocycles. The Morgan fingerprint density at radius 2 is 2.06 bits per heavy atom. The summed E-state index contributed by atoms with van der Waals surface area (Å²) in [4.78, 5) is 0. The third kappa shape index (κ3) is 3.49. The molecule has 2 atom stereocenters. The Bertz CT molecular complexity index is 223. The van der Waals surface area contributed by atoms with Crippen molar-refractivity contribution in [2.24, 2.45) is 0 Å². The zero-order chi connectivity index (χ0) is 11.2. The highest BCUT2D eigenvalue weighted by Crippen LogP contribution is 2.23. The summed E-state index contributed by atoms with van der Waals surface area (Å²) < 4.78 is 16.7. The van der Waals surface area contributed by atoms with Crippen LogP contribution in [0.1, 0.15) is 39.0 Å². The van der Waals surface area contributed by atoms with Crippen LogP contribution in [-0.2, 0) is 14.2 Å². The summed E-state index contributed by atoms with van der Waals surface area (Å²) in [5.74, 6) is 0. The van der Waals surface area contributed by atoms with Crippen LogP contribution >= 0.6 is 0 Å². The Hall–Kier alpha value is -0.540. The highest BCUT2D eigenvalue weighted by Gasteiger charge is 2.22. The van der Waals surface area contributed by atoms with E-state index in [1.165, 1.54) is 37.7 Å². The molecule has 0 aromatic heterocycles. The van der Waals surface area contributed by atoms with Crippen LogP contribution < -0.4 is 0 Å². The Morgan fingerprint density at radius 3 is 2.75 bits per heavy atom. The van der Waals surface area contributed by atoms with Gasteiger partial charge in [0.2, 0.25) is 0 Å². The van der Waals surface area contributed by atoms with Crippen LogP contribution in [0.3, 0.4) is 0 Å². The fourth-order valence-corrected chi connectivity index (χ4v) is 2.19. The van der Waals surface area contributed by atoms with Gasteiger partial charge in [0.25, 0.3) is 0 Å². The van der Waals surface area contributed by atoms with Gasteiger partial charge in [0.1, 0.15) is 12.2 Å². The van der Waals surface area contributed by atoms with Crippen LogP contribution in [0.2, 0.25) is 0 Å². The van der Waals surface area contributed by atoms with Gasteiger partial charge in [-0.3, -0.25) is 0 Å². The van der Waals surface area contributed by atoms with Gasteiger partial charge in [-0.05, 0) is 38.2 Å². The molecular weight excluding hydrogens is 204 g/mol. The van der Waals surface area contributed by atoms with E-state index in [2.05, 4.69) is 6.92 Å². The molecule has 0 N–H and O–H groups in total. The van der Waals surface area contributed by atoms with Gasteiger partial charge in [-0.2, -0.15) is 0 Å². The summed E-state index contributed by atoms with van der Waals surface area (Å²) >= 11 is 0. The lowest BCUT2D eigenvalue weighted by Crippen LogP contribution is -2.37. The zero-order valence-electron chi connectivity index (χ0n) is 10.1. The summed E-state index contributed by atoms with van der Waals surface area (Å²) in [6, 6.07) is 0. The Labute approximate surface area is 97.8 Å². The first-order valence-electron chi connectivity index (χ1n) is 6.39. The number of hydrogen-bond acceptors (Lipinski definition) is 3. The number of hydrogen-bond donors (Lipinski definition) is 0. The second kappa shape index (κ2) is 6.26. The second-order valence-corrected chi connectivity index (χ2v) is 4.66. The number of rotatable bonds is 3. The first-order valence-corrected chi connectivity index (χ1v) is 6.39. The monoisotopic (exact) mass is 226 g/mol. The van der Waals surface area contributed by atoms with Crippen molar-refractivity contribution in [3.8, 4) is 0 Å². The highest BCUT2D eigenvalue weighted by molar-refractivity contribution is 5.00. The highest BCUT2D eigenvalue weighted by atomic mass is 16.6. The van der Waals surface area contributed by atoms with Crippen LogP contribution in [-0.4, -0.2) is 32.0 Å². The molecule has 0 radical (unpaired) electrons. The molecule has 1 saturated carbocycles. The molecule has 0 amide bonds. The quantitative estimate of drug-likeness (QED) is 0.692. The van der Waals surface area contributed by atoms with Gasteiger partial charge in [0.05, 0.1) is 26.1 Å². The average molecular weight is 226 g/mol. The molecule has 1 aliphatic heterocycles. The molecule has 0 aromatic carbocycles. The van der Waals surface area contributed by atoms with Gasteiger partial charge in [-0.25, -0.2) is 0 Å². The molecule has 2 aliphatic rings. The van der Waals surface area contributed by atoms with E-state index in [1.807, 2.05) is 6.26 Å². The second-order valence-electron chi connectivity index (χ2n) is 4.66. The van der Waals surface area contributed by atoms with Crippen LogP contribution in [0.25, 0.3) is 0 Å². The first kappa shape index (κ1) is 11.9. The van der Waals surface area contributed by atoms with Crippen molar-refractivity contribution in [1.82, 2.24) is 0 Å². The maximum absolute atomic E-state index is 5.75. The van der Waals surface area contributed by atoms with Gasteiger partial charge in [-0.15, -0.1) is 0 Å². The van der Waals surface area contributed by atoms with Crippen LogP contribution in [0.15, 0.2) is 11.8 Å². The maximum Gasteiger partial charge on any atom is 0.123 e. The summed E-state index contributed by atoms with van der Waals surface area (Å²) in [5, 5.41) is 0. The lowest BCUT2D eigenvalue weighted by molar-refractivity contribution is -0.129. The van der Waals surface area contributed by atoms with Crippen LogP contribution in [0.4, 0.5) is 0 Å². The molecule has 3 heteroatoms. The van der Waals surface area contributed by atoms with Crippen molar-refractivity contribution in [3.63, 3.8) is 0 Å². The van der Waals surface area contributed by atoms with Gasteiger partial charge < -0.3 is 14.2 Å². The van der Waals surface area contributed by atoms with E-state index in [0.717, 1.165) is 0 Å². The molecule has 0 bridgehead atoms. The maximum atomic E-state index is 5.75. The molecule has 92 valence electrons. The van der Waals surface area contributed by atoms with E-state index in [9.17, 15) is 0 Å². The van der Waals surface area contributed by atoms with E-state index in [0.29, 0.717) is 19.8 Å². The normalized spacial score (nSPS) is 28.6. The fourth-order valence-electron chi connectivity index (χ4n) is 2.19. The van der Waals surface area contributed by atoms with Gasteiger partial charge in [0.15, 0.2) is 0 Å². The van der Waals surface area contributed by atoms with E-state index >= 15 is 0 Å². The van der Waals surface area contributed by atoms with E-state index in [1.54, 1.807) is 0 Å². The predicted molar refractivity (Wildman–Crippen MR) is 62.3 cm³/mol. The van der Waals surface area contributed by atoms with E-state index in [-0.39, 0.29) is 12.2 Å². The molecular formula is C13H22O3. The standard InChI is InChI=1S/C13H22O3/c1-11(13-10-14-7-8-15-13)16-9-12-5-3-2-4-6-12/h9,11,13H,2-8,10H2,1H3. The molecule has 2 fully saturated rings. The molecule has 3 nitrogen and oxygen atoms in total. The topological polar surface area (TPSA) is 27.7 Å². The van der Waals surface area contributed by atoms with Crippen LogP contribution in [0.5, 0.6) is 0 Å². The van der Waals surface area contributed by atoms with Crippen molar-refractivity contribution in [3.05, 3.63) is 11.8 Å². The fraction of sp³-hybridized carbons (Fsp3) is 0.846. The van der Waals surface area contributed by atoms with Crippen molar-refractivity contribution in [2.45, 2.75) is 51.2 Å². The summed E-state index contributed by atoms with van der Waals surface area (Å²) in [6.07, 6.45) is 8.54. The molecule has 2 rings (SSSR count). The summed E-state index contributed by atoms with van der Waals surface area (Å²) in [6.45, 7) is 4.11. The molecule has 2 unspecified atom stereocenters. The van der Waals surface area contributed by atoms with Gasteiger partial charge in [-0.1, -0.05) is 6.42 Å². The lowest BCUT2D eigenvalue weighted by atomic mass is 9.96. The van der Waals surface area contributed by atoms with Crippen molar-refractivity contribution >= 4 is 0 Å². The minimum absolute atomic E-state index is 0.0918. The van der Waals surface area contributed by atoms with Crippen molar-refractivity contribution in [1.29, 1.82) is 0 Å². The number of allylic oxidation sites excluding steroid dienone is 1. The molecule has 1 saturated heterocycles. The third-order valence-electron chi connectivity index (χ3n) is 3.31. The molecule has 1 heterocycles. The Kier molecular flexibility index (Phi) is 4.67. The zero-order valence-corrected chi connectivity index (χ0v) is 10.1. The van der Waals surface area contributed by atoms with Crippen molar-refractivity contribution < 1.29 is 14.2 Å². The predicted octanol–water partition coefficient (Wildman–Crippen LogP) is 2.65. The van der Waals surface area contributed by atoms with Gasteiger partial charge >= 0.3 is 0 Å². The SMILES string of the molecule is CC(OC=C1CCCCC1)C1COCCO1. The average Bonchev–Trinajstić information content (AvgIpc) is 2.38. The van der Waals surface area contributed by atoms with E-state index in [4.69, 9.17) is 14.2 Å².